The third-order valence-corrected chi connectivity index (χ3v) is 4.09. The van der Waals surface area contributed by atoms with Gasteiger partial charge in [0, 0.05) is 31.1 Å². The largest absolute Gasteiger partial charge is 0.435 e. The van der Waals surface area contributed by atoms with Gasteiger partial charge in [0.15, 0.2) is 11.5 Å². The first kappa shape index (κ1) is 18.5. The summed E-state index contributed by atoms with van der Waals surface area (Å²) in [5.74, 6) is -2.60. The molecule has 26 heavy (non-hydrogen) atoms. The number of rotatable bonds is 4. The fourth-order valence-corrected chi connectivity index (χ4v) is 2.72. The molecule has 0 radical (unpaired) electrons. The summed E-state index contributed by atoms with van der Waals surface area (Å²) >= 11 is 0. The molecule has 2 N–H and O–H groups in total. The lowest BCUT2D eigenvalue weighted by molar-refractivity contribution is -0.141. The second-order valence-corrected chi connectivity index (χ2v) is 6.12. The smallest absolute Gasteiger partial charge is 0.390 e. The molecule has 0 spiro atoms. The molecule has 1 aliphatic rings. The summed E-state index contributed by atoms with van der Waals surface area (Å²) in [5.41, 5.74) is -0.909. The van der Waals surface area contributed by atoms with Gasteiger partial charge in [-0.05, 0) is 18.9 Å². The predicted octanol–water partition coefficient (Wildman–Crippen LogP) is 3.16. The van der Waals surface area contributed by atoms with Crippen molar-refractivity contribution in [3.63, 3.8) is 0 Å². The zero-order chi connectivity index (χ0) is 18.9. The predicted molar refractivity (Wildman–Crippen MR) is 80.9 cm³/mol. The highest BCUT2D eigenvalue weighted by Crippen LogP contribution is 2.34. The molecule has 0 bridgehead atoms. The number of aromatic nitrogens is 4. The molecule has 11 heteroatoms. The zero-order valence-electron chi connectivity index (χ0n) is 13.5. The summed E-state index contributed by atoms with van der Waals surface area (Å²) < 4.78 is 65.4. The Morgan fingerprint density at radius 3 is 2.50 bits per heavy atom. The molecule has 6 nitrogen and oxygen atoms in total. The van der Waals surface area contributed by atoms with E-state index < -0.39 is 24.4 Å². The molecule has 3 rings (SSSR count). The van der Waals surface area contributed by atoms with Crippen molar-refractivity contribution in [1.82, 2.24) is 19.7 Å². The summed E-state index contributed by atoms with van der Waals surface area (Å²) in [4.78, 5) is 8.13. The van der Waals surface area contributed by atoms with Gasteiger partial charge in [-0.15, -0.1) is 0 Å². The maximum atomic E-state index is 13.2. The number of alkyl halides is 5. The quantitative estimate of drug-likeness (QED) is 0.801. The van der Waals surface area contributed by atoms with E-state index in [1.165, 1.54) is 6.07 Å². The lowest BCUT2D eigenvalue weighted by Crippen LogP contribution is -2.32. The third-order valence-electron chi connectivity index (χ3n) is 4.09. The summed E-state index contributed by atoms with van der Waals surface area (Å²) in [7, 11) is 0. The van der Waals surface area contributed by atoms with Crippen LogP contribution in [0.2, 0.25) is 0 Å². The first-order valence-electron chi connectivity index (χ1n) is 7.93. The first-order valence-corrected chi connectivity index (χ1v) is 7.93. The number of aliphatic hydroxyl groups is 1. The van der Waals surface area contributed by atoms with Crippen LogP contribution in [0.4, 0.5) is 27.9 Å². The molecule has 0 aromatic carbocycles. The van der Waals surface area contributed by atoms with E-state index in [4.69, 9.17) is 0 Å². The maximum Gasteiger partial charge on any atom is 0.435 e. The number of hydrogen-bond acceptors (Lipinski definition) is 5. The first-order chi connectivity index (χ1) is 12.2. The van der Waals surface area contributed by atoms with Crippen molar-refractivity contribution in [1.29, 1.82) is 0 Å². The van der Waals surface area contributed by atoms with Crippen molar-refractivity contribution in [2.24, 2.45) is 0 Å². The van der Waals surface area contributed by atoms with Crippen LogP contribution in [0.25, 0.3) is 5.82 Å². The van der Waals surface area contributed by atoms with Crippen molar-refractivity contribution in [3.8, 4) is 5.82 Å². The van der Waals surface area contributed by atoms with Crippen LogP contribution in [0.15, 0.2) is 18.3 Å². The Kier molecular flexibility index (Phi) is 4.82. The summed E-state index contributed by atoms with van der Waals surface area (Å²) in [6.45, 7) is -0.458. The Bertz CT molecular complexity index is 766. The minimum atomic E-state index is -4.59. The van der Waals surface area contributed by atoms with E-state index in [-0.39, 0.29) is 49.2 Å². The minimum Gasteiger partial charge on any atom is -0.390 e. The van der Waals surface area contributed by atoms with Crippen molar-refractivity contribution >= 4 is 5.95 Å². The van der Waals surface area contributed by atoms with E-state index in [0.717, 1.165) is 16.9 Å². The topological polar surface area (TPSA) is 75.9 Å². The molecule has 2 heterocycles. The van der Waals surface area contributed by atoms with Crippen LogP contribution in [0.1, 0.15) is 37.1 Å². The monoisotopic (exact) mass is 377 g/mol. The van der Waals surface area contributed by atoms with Crippen molar-refractivity contribution in [2.75, 3.05) is 5.32 Å². The average molecular weight is 377 g/mol. The lowest BCUT2D eigenvalue weighted by atomic mass is 9.92. The molecule has 2 aromatic heterocycles. The Labute approximate surface area is 145 Å². The maximum absolute atomic E-state index is 13.2. The second kappa shape index (κ2) is 6.78. The molecular weight excluding hydrogens is 361 g/mol. The molecule has 142 valence electrons. The molecular formula is C15H16F5N5O. The standard InChI is InChI=1S/C15H16F5N5O/c16-14(17)4-1-9(2-5-14)21-13-22-10(8-26)7-12(23-13)25-6-3-11(24-25)15(18,19)20/h3,6-7,9,26H,1-2,4-5,8H2,(H,21,22,23). The second-order valence-electron chi connectivity index (χ2n) is 6.12. The Morgan fingerprint density at radius 1 is 1.23 bits per heavy atom. The average Bonchev–Trinajstić information content (AvgIpc) is 3.07. The number of nitrogens with zero attached hydrogens (tertiary/aromatic N) is 4. The van der Waals surface area contributed by atoms with Crippen LogP contribution in [-0.2, 0) is 12.8 Å². The molecule has 0 unspecified atom stereocenters. The lowest BCUT2D eigenvalue weighted by Gasteiger charge is -2.28. The summed E-state index contributed by atoms with van der Waals surface area (Å²) in [5, 5.41) is 15.7. The van der Waals surface area contributed by atoms with Gasteiger partial charge >= 0.3 is 6.18 Å². The minimum absolute atomic E-state index is 0.0307. The van der Waals surface area contributed by atoms with Crippen LogP contribution in [0.5, 0.6) is 0 Å². The molecule has 0 aliphatic heterocycles. The molecule has 2 aromatic rings. The van der Waals surface area contributed by atoms with E-state index in [1.807, 2.05) is 0 Å². The van der Waals surface area contributed by atoms with Gasteiger partial charge in [-0.3, -0.25) is 0 Å². The van der Waals surface area contributed by atoms with Crippen LogP contribution in [-0.4, -0.2) is 36.8 Å². The van der Waals surface area contributed by atoms with E-state index in [1.54, 1.807) is 0 Å². The van der Waals surface area contributed by atoms with Gasteiger partial charge in [-0.25, -0.2) is 18.4 Å². The fraction of sp³-hybridized carbons (Fsp3) is 0.533. The normalized spacial score (nSPS) is 18.1. The van der Waals surface area contributed by atoms with Gasteiger partial charge in [0.2, 0.25) is 11.9 Å². The van der Waals surface area contributed by atoms with E-state index >= 15 is 0 Å². The summed E-state index contributed by atoms with van der Waals surface area (Å²) in [6, 6.07) is 1.82. The molecule has 0 amide bonds. The van der Waals surface area contributed by atoms with Gasteiger partial charge in [0.25, 0.3) is 0 Å². The molecule has 1 aliphatic carbocycles. The highest BCUT2D eigenvalue weighted by molar-refractivity contribution is 5.36. The number of hydrogen-bond donors (Lipinski definition) is 2. The Morgan fingerprint density at radius 2 is 1.92 bits per heavy atom. The van der Waals surface area contributed by atoms with E-state index in [0.29, 0.717) is 0 Å². The van der Waals surface area contributed by atoms with Gasteiger partial charge in [0.1, 0.15) is 0 Å². The highest BCUT2D eigenvalue weighted by atomic mass is 19.4. The van der Waals surface area contributed by atoms with E-state index in [9.17, 15) is 27.1 Å². The zero-order valence-corrected chi connectivity index (χ0v) is 13.5. The third kappa shape index (κ3) is 4.26. The molecule has 1 fully saturated rings. The SMILES string of the molecule is OCc1cc(-n2ccc(C(F)(F)F)n2)nc(NC2CCC(F)(F)CC2)n1. The van der Waals surface area contributed by atoms with Gasteiger partial charge in [-0.2, -0.15) is 23.3 Å². The van der Waals surface area contributed by atoms with E-state index in [2.05, 4.69) is 20.4 Å². The van der Waals surface area contributed by atoms with Crippen molar-refractivity contribution in [2.45, 2.75) is 50.4 Å². The van der Waals surface area contributed by atoms with Gasteiger partial charge in [0.05, 0.1) is 12.3 Å². The van der Waals surface area contributed by atoms with Gasteiger partial charge < -0.3 is 10.4 Å². The van der Waals surface area contributed by atoms with Gasteiger partial charge in [-0.1, -0.05) is 0 Å². The molecule has 1 saturated carbocycles. The fourth-order valence-electron chi connectivity index (χ4n) is 2.72. The molecule has 0 atom stereocenters. The number of aliphatic hydroxyl groups excluding tert-OH is 1. The Balaban J connectivity index is 1.82. The number of anilines is 1. The van der Waals surface area contributed by atoms with Crippen LogP contribution in [0, 0.1) is 0 Å². The number of nitrogens with one attached hydrogen (secondary N) is 1. The summed E-state index contributed by atoms with van der Waals surface area (Å²) in [6.07, 6.45) is -3.58. The van der Waals surface area contributed by atoms with Crippen LogP contribution in [0.3, 0.4) is 0 Å². The van der Waals surface area contributed by atoms with Crippen molar-refractivity contribution < 1.29 is 27.1 Å². The van der Waals surface area contributed by atoms with Crippen molar-refractivity contribution in [3.05, 3.63) is 29.7 Å². The van der Waals surface area contributed by atoms with Crippen LogP contribution >= 0.6 is 0 Å². The van der Waals surface area contributed by atoms with Crippen LogP contribution < -0.4 is 5.32 Å². The molecule has 0 saturated heterocycles. The highest BCUT2D eigenvalue weighted by Gasteiger charge is 2.35. The number of halogens is 5. The Hall–Kier alpha value is -2.30.